The van der Waals surface area contributed by atoms with E-state index >= 15 is 0 Å². The van der Waals surface area contributed by atoms with Crippen molar-refractivity contribution in [1.29, 1.82) is 0 Å². The fraction of sp³-hybridized carbons (Fsp3) is 0.308. The third-order valence-electron chi connectivity index (χ3n) is 3.10. The summed E-state index contributed by atoms with van der Waals surface area (Å²) in [4.78, 5) is 23.4. The zero-order valence-corrected chi connectivity index (χ0v) is 10.9. The summed E-state index contributed by atoms with van der Waals surface area (Å²) in [6.45, 7) is 0.187. The van der Waals surface area contributed by atoms with Crippen molar-refractivity contribution in [3.05, 3.63) is 18.2 Å². The van der Waals surface area contributed by atoms with Crippen LogP contribution in [0.1, 0.15) is 12.8 Å². The van der Waals surface area contributed by atoms with Gasteiger partial charge in [0.05, 0.1) is 0 Å². The Balaban J connectivity index is 1.73. The molecule has 0 bridgehead atoms. The molecule has 20 heavy (non-hydrogen) atoms. The SMILES string of the molecule is CN1N=C(C(=O)Nc2ccc3c(c2)OCO3)CCC1=O. The maximum atomic E-state index is 12.1. The molecule has 2 aliphatic heterocycles. The normalized spacial score (nSPS) is 16.9. The number of carbonyl (C=O) groups is 2. The second kappa shape index (κ2) is 4.84. The van der Waals surface area contributed by atoms with Crippen LogP contribution in [0.4, 0.5) is 5.69 Å². The molecule has 0 aliphatic carbocycles. The third-order valence-corrected chi connectivity index (χ3v) is 3.10. The van der Waals surface area contributed by atoms with Crippen molar-refractivity contribution >= 4 is 23.2 Å². The van der Waals surface area contributed by atoms with Gasteiger partial charge in [0, 0.05) is 31.6 Å². The van der Waals surface area contributed by atoms with Crippen molar-refractivity contribution in [3.8, 4) is 11.5 Å². The summed E-state index contributed by atoms with van der Waals surface area (Å²) in [5.74, 6) is 0.844. The maximum absolute atomic E-state index is 12.1. The predicted molar refractivity (Wildman–Crippen MR) is 70.6 cm³/mol. The molecule has 0 saturated heterocycles. The molecule has 0 spiro atoms. The molecule has 7 heteroatoms. The van der Waals surface area contributed by atoms with Crippen molar-refractivity contribution in [1.82, 2.24) is 5.01 Å². The first kappa shape index (κ1) is 12.5. The molecule has 1 aromatic rings. The number of ether oxygens (including phenoxy) is 2. The summed E-state index contributed by atoms with van der Waals surface area (Å²) in [5.41, 5.74) is 0.936. The lowest BCUT2D eigenvalue weighted by atomic mass is 10.1. The van der Waals surface area contributed by atoms with Gasteiger partial charge >= 0.3 is 0 Å². The van der Waals surface area contributed by atoms with E-state index < -0.39 is 0 Å². The smallest absolute Gasteiger partial charge is 0.271 e. The topological polar surface area (TPSA) is 80.2 Å². The highest BCUT2D eigenvalue weighted by molar-refractivity contribution is 6.43. The summed E-state index contributed by atoms with van der Waals surface area (Å²) in [6.07, 6.45) is 0.642. The second-order valence-electron chi connectivity index (χ2n) is 4.49. The van der Waals surface area contributed by atoms with E-state index in [1.54, 1.807) is 18.2 Å². The maximum Gasteiger partial charge on any atom is 0.271 e. The Morgan fingerprint density at radius 2 is 2.10 bits per heavy atom. The number of rotatable bonds is 2. The van der Waals surface area contributed by atoms with Gasteiger partial charge in [-0.15, -0.1) is 0 Å². The zero-order chi connectivity index (χ0) is 14.1. The van der Waals surface area contributed by atoms with Gasteiger partial charge in [-0.3, -0.25) is 9.59 Å². The number of hydrogen-bond acceptors (Lipinski definition) is 5. The Morgan fingerprint density at radius 3 is 2.90 bits per heavy atom. The van der Waals surface area contributed by atoms with Gasteiger partial charge in [0.15, 0.2) is 11.5 Å². The molecular formula is C13H13N3O4. The van der Waals surface area contributed by atoms with Crippen LogP contribution in [0.5, 0.6) is 11.5 Å². The first-order valence-corrected chi connectivity index (χ1v) is 6.18. The number of fused-ring (bicyclic) bond motifs is 1. The number of benzene rings is 1. The molecule has 7 nitrogen and oxygen atoms in total. The van der Waals surface area contributed by atoms with Gasteiger partial charge in [-0.1, -0.05) is 0 Å². The van der Waals surface area contributed by atoms with Crippen LogP contribution in [0.15, 0.2) is 23.3 Å². The Kier molecular flexibility index (Phi) is 3.02. The van der Waals surface area contributed by atoms with Gasteiger partial charge in [-0.25, -0.2) is 5.01 Å². The minimum atomic E-state index is -0.316. The minimum absolute atomic E-state index is 0.0929. The molecule has 2 aliphatic rings. The van der Waals surface area contributed by atoms with Crippen LogP contribution in [-0.4, -0.2) is 36.4 Å². The second-order valence-corrected chi connectivity index (χ2v) is 4.49. The molecule has 3 rings (SSSR count). The van der Waals surface area contributed by atoms with Crippen LogP contribution < -0.4 is 14.8 Å². The lowest BCUT2D eigenvalue weighted by Crippen LogP contribution is -2.34. The monoisotopic (exact) mass is 275 g/mol. The van der Waals surface area contributed by atoms with Crippen LogP contribution in [0.25, 0.3) is 0 Å². The van der Waals surface area contributed by atoms with E-state index in [9.17, 15) is 9.59 Å². The molecule has 0 radical (unpaired) electrons. The average molecular weight is 275 g/mol. The molecule has 1 aromatic carbocycles. The number of nitrogens with one attached hydrogen (secondary N) is 1. The molecule has 0 fully saturated rings. The van der Waals surface area contributed by atoms with Crippen LogP contribution >= 0.6 is 0 Å². The predicted octanol–water partition coefficient (Wildman–Crippen LogP) is 0.962. The number of hydrazone groups is 1. The van der Waals surface area contributed by atoms with Crippen molar-refractivity contribution in [2.24, 2.45) is 5.10 Å². The van der Waals surface area contributed by atoms with E-state index in [1.807, 2.05) is 0 Å². The highest BCUT2D eigenvalue weighted by atomic mass is 16.7. The number of anilines is 1. The van der Waals surface area contributed by atoms with Crippen molar-refractivity contribution in [3.63, 3.8) is 0 Å². The largest absolute Gasteiger partial charge is 0.454 e. The van der Waals surface area contributed by atoms with Gasteiger partial charge in [0.2, 0.25) is 12.7 Å². The van der Waals surface area contributed by atoms with Crippen molar-refractivity contribution in [2.45, 2.75) is 12.8 Å². The number of amides is 2. The van der Waals surface area contributed by atoms with E-state index in [0.717, 1.165) is 0 Å². The van der Waals surface area contributed by atoms with Gasteiger partial charge in [0.1, 0.15) is 5.71 Å². The van der Waals surface area contributed by atoms with E-state index in [1.165, 1.54) is 12.1 Å². The van der Waals surface area contributed by atoms with Crippen LogP contribution in [0, 0.1) is 0 Å². The summed E-state index contributed by atoms with van der Waals surface area (Å²) in [5, 5.41) is 7.89. The molecule has 2 amide bonds. The van der Waals surface area contributed by atoms with E-state index in [2.05, 4.69) is 10.4 Å². The highest BCUT2D eigenvalue weighted by Gasteiger charge is 2.22. The molecule has 2 heterocycles. The molecular weight excluding hydrogens is 262 g/mol. The van der Waals surface area contributed by atoms with Crippen molar-refractivity contribution < 1.29 is 19.1 Å². The molecule has 0 atom stereocenters. The third kappa shape index (κ3) is 2.29. The molecule has 0 saturated carbocycles. The zero-order valence-electron chi connectivity index (χ0n) is 10.9. The van der Waals surface area contributed by atoms with Gasteiger partial charge in [0.25, 0.3) is 5.91 Å². The molecule has 1 N–H and O–H groups in total. The summed E-state index contributed by atoms with van der Waals surface area (Å²) in [7, 11) is 1.54. The van der Waals surface area contributed by atoms with E-state index in [0.29, 0.717) is 35.7 Å². The Bertz CT molecular complexity index is 612. The van der Waals surface area contributed by atoms with Crippen LogP contribution in [0.3, 0.4) is 0 Å². The number of nitrogens with zero attached hydrogens (tertiary/aromatic N) is 2. The van der Waals surface area contributed by atoms with Crippen LogP contribution in [0.2, 0.25) is 0 Å². The fourth-order valence-corrected chi connectivity index (χ4v) is 2.01. The quantitative estimate of drug-likeness (QED) is 0.871. The summed E-state index contributed by atoms with van der Waals surface area (Å²) >= 11 is 0. The first-order valence-electron chi connectivity index (χ1n) is 6.18. The van der Waals surface area contributed by atoms with Gasteiger partial charge < -0.3 is 14.8 Å². The molecule has 104 valence electrons. The van der Waals surface area contributed by atoms with Gasteiger partial charge in [-0.2, -0.15) is 5.10 Å². The van der Waals surface area contributed by atoms with E-state index in [4.69, 9.17) is 9.47 Å². The fourth-order valence-electron chi connectivity index (χ4n) is 2.01. The molecule has 0 aromatic heterocycles. The number of carbonyl (C=O) groups excluding carboxylic acids is 2. The van der Waals surface area contributed by atoms with Crippen molar-refractivity contribution in [2.75, 3.05) is 19.2 Å². The summed E-state index contributed by atoms with van der Waals surface area (Å²) < 4.78 is 10.4. The first-order chi connectivity index (χ1) is 9.63. The Morgan fingerprint density at radius 1 is 1.30 bits per heavy atom. The lowest BCUT2D eigenvalue weighted by molar-refractivity contribution is -0.130. The standard InChI is InChI=1S/C13H13N3O4/c1-16-12(17)5-3-9(15-16)13(18)14-8-2-4-10-11(6-8)20-7-19-10/h2,4,6H,3,5,7H2,1H3,(H,14,18). The van der Waals surface area contributed by atoms with E-state index in [-0.39, 0.29) is 18.6 Å². The number of hydrogen-bond donors (Lipinski definition) is 1. The van der Waals surface area contributed by atoms with Crippen LogP contribution in [-0.2, 0) is 9.59 Å². The Labute approximate surface area is 115 Å². The average Bonchev–Trinajstić information content (AvgIpc) is 2.89. The Hall–Kier alpha value is -2.57. The summed E-state index contributed by atoms with van der Waals surface area (Å²) in [6, 6.07) is 5.15. The highest BCUT2D eigenvalue weighted by Crippen LogP contribution is 2.34. The lowest BCUT2D eigenvalue weighted by Gasteiger charge is -2.18. The van der Waals surface area contributed by atoms with Gasteiger partial charge in [-0.05, 0) is 12.1 Å². The minimum Gasteiger partial charge on any atom is -0.454 e. The molecule has 0 unspecified atom stereocenters.